The molecule has 2 atom stereocenters. The summed E-state index contributed by atoms with van der Waals surface area (Å²) in [5, 5.41) is 22.3. The lowest BCUT2D eigenvalue weighted by molar-refractivity contribution is -0.117. The van der Waals surface area contributed by atoms with E-state index >= 15 is 0 Å². The molecule has 1 fully saturated rings. The van der Waals surface area contributed by atoms with Crippen LogP contribution in [0.4, 0.5) is 11.6 Å². The topological polar surface area (TPSA) is 128 Å². The van der Waals surface area contributed by atoms with E-state index in [0.717, 1.165) is 22.9 Å². The van der Waals surface area contributed by atoms with Gasteiger partial charge in [-0.05, 0) is 54.5 Å². The van der Waals surface area contributed by atoms with Crippen LogP contribution in [-0.4, -0.2) is 15.9 Å². The molecule has 3 N–H and O–H groups in total. The quantitative estimate of drug-likeness (QED) is 0.710. The fourth-order valence-corrected chi connectivity index (χ4v) is 3.48. The Bertz CT molecular complexity index is 1220. The van der Waals surface area contributed by atoms with Gasteiger partial charge in [0, 0.05) is 29.5 Å². The van der Waals surface area contributed by atoms with E-state index in [1.807, 2.05) is 19.1 Å². The van der Waals surface area contributed by atoms with Gasteiger partial charge < -0.3 is 11.1 Å². The fourth-order valence-electron chi connectivity index (χ4n) is 3.48. The van der Waals surface area contributed by atoms with E-state index in [9.17, 15) is 10.1 Å². The minimum atomic E-state index is -0.124. The highest BCUT2D eigenvalue weighted by atomic mass is 16.2. The highest BCUT2D eigenvalue weighted by molar-refractivity contribution is 5.98. The molecule has 1 amide bonds. The maximum atomic E-state index is 12.3. The number of aromatic nitrogens is 2. The summed E-state index contributed by atoms with van der Waals surface area (Å²) in [5.74, 6) is 0.672. The first-order chi connectivity index (χ1) is 14.0. The normalized spacial score (nSPS) is 17.3. The lowest BCUT2D eigenvalue weighted by Crippen LogP contribution is -2.15. The third-order valence-corrected chi connectivity index (χ3v) is 5.25. The van der Waals surface area contributed by atoms with Gasteiger partial charge in [-0.2, -0.15) is 10.5 Å². The Morgan fingerprint density at radius 2 is 2.14 bits per heavy atom. The second-order valence-electron chi connectivity index (χ2n) is 7.28. The van der Waals surface area contributed by atoms with Crippen molar-refractivity contribution in [3.63, 3.8) is 0 Å². The average molecular weight is 382 g/mol. The van der Waals surface area contributed by atoms with Crippen LogP contribution in [0.15, 0.2) is 36.5 Å². The zero-order valence-corrected chi connectivity index (χ0v) is 15.8. The summed E-state index contributed by atoms with van der Waals surface area (Å²) in [7, 11) is 0. The average Bonchev–Trinajstić information content (AvgIpc) is 3.48. The Labute approximate surface area is 167 Å². The van der Waals surface area contributed by atoms with Crippen molar-refractivity contribution in [2.45, 2.75) is 19.8 Å². The van der Waals surface area contributed by atoms with Crippen LogP contribution in [0.5, 0.6) is 0 Å². The largest absolute Gasteiger partial charge is 0.383 e. The van der Waals surface area contributed by atoms with E-state index in [0.29, 0.717) is 34.7 Å². The number of aryl methyl sites for hydroxylation is 1. The van der Waals surface area contributed by atoms with Crippen LogP contribution in [-0.2, 0) is 4.79 Å². The number of fused-ring (bicyclic) bond motifs is 1. The maximum absolute atomic E-state index is 12.3. The molecule has 4 rings (SSSR count). The minimum Gasteiger partial charge on any atom is -0.383 e. The monoisotopic (exact) mass is 382 g/mol. The minimum absolute atomic E-state index is 0.114. The van der Waals surface area contributed by atoms with Gasteiger partial charge in [-0.25, -0.2) is 9.97 Å². The van der Waals surface area contributed by atoms with Crippen LogP contribution in [0.3, 0.4) is 0 Å². The molecule has 0 radical (unpaired) electrons. The lowest BCUT2D eigenvalue weighted by Gasteiger charge is -2.10. The van der Waals surface area contributed by atoms with Gasteiger partial charge in [0.25, 0.3) is 0 Å². The summed E-state index contributed by atoms with van der Waals surface area (Å²) in [4.78, 5) is 21.1. The predicted molar refractivity (Wildman–Crippen MR) is 109 cm³/mol. The first kappa shape index (κ1) is 18.4. The first-order valence-electron chi connectivity index (χ1n) is 9.25. The summed E-state index contributed by atoms with van der Waals surface area (Å²) < 4.78 is 0. The number of carbonyl (C=O) groups excluding carboxylic acids is 1. The molecule has 29 heavy (non-hydrogen) atoms. The number of benzene rings is 1. The molecule has 0 bridgehead atoms. The fraction of sp³-hybridized carbons (Fsp3) is 0.227. The molecule has 0 spiro atoms. The molecular weight excluding hydrogens is 364 g/mol. The number of amides is 1. The van der Waals surface area contributed by atoms with Crippen molar-refractivity contribution in [3.8, 4) is 23.4 Å². The lowest BCUT2D eigenvalue weighted by atomic mass is 10.0. The summed E-state index contributed by atoms with van der Waals surface area (Å²) >= 11 is 0. The van der Waals surface area contributed by atoms with Crippen molar-refractivity contribution >= 4 is 28.3 Å². The molecular formula is C22H18N6O. The number of hydrogen-bond acceptors (Lipinski definition) is 6. The molecule has 2 heterocycles. The summed E-state index contributed by atoms with van der Waals surface area (Å²) in [6.07, 6.45) is 2.73. The highest BCUT2D eigenvalue weighted by Crippen LogP contribution is 2.41. The van der Waals surface area contributed by atoms with E-state index in [1.165, 1.54) is 0 Å². The number of carbonyl (C=O) groups is 1. The van der Waals surface area contributed by atoms with Crippen molar-refractivity contribution in [1.82, 2.24) is 9.97 Å². The van der Waals surface area contributed by atoms with Crippen molar-refractivity contribution in [1.29, 1.82) is 10.5 Å². The van der Waals surface area contributed by atoms with E-state index < -0.39 is 0 Å². The third kappa shape index (κ3) is 3.59. The second kappa shape index (κ2) is 7.21. The molecule has 1 aliphatic carbocycles. The van der Waals surface area contributed by atoms with Gasteiger partial charge in [-0.3, -0.25) is 4.79 Å². The van der Waals surface area contributed by atoms with Gasteiger partial charge in [0.2, 0.25) is 5.91 Å². The molecule has 7 nitrogen and oxygen atoms in total. The molecule has 2 aromatic heterocycles. The number of nitriles is 2. The van der Waals surface area contributed by atoms with Gasteiger partial charge in [-0.15, -0.1) is 0 Å². The summed E-state index contributed by atoms with van der Waals surface area (Å²) in [5.41, 5.74) is 9.16. The summed E-state index contributed by atoms with van der Waals surface area (Å²) in [6, 6.07) is 13.3. The Morgan fingerprint density at radius 3 is 2.90 bits per heavy atom. The van der Waals surface area contributed by atoms with E-state index in [1.54, 1.807) is 24.4 Å². The van der Waals surface area contributed by atoms with E-state index in [-0.39, 0.29) is 17.7 Å². The van der Waals surface area contributed by atoms with Crippen LogP contribution in [0.2, 0.25) is 0 Å². The number of rotatable bonds is 4. The number of hydrogen-bond donors (Lipinski definition) is 2. The van der Waals surface area contributed by atoms with Crippen molar-refractivity contribution in [2.75, 3.05) is 11.1 Å². The van der Waals surface area contributed by atoms with Crippen molar-refractivity contribution < 1.29 is 4.79 Å². The number of nitrogen functional groups attached to an aromatic ring is 1. The molecule has 1 aliphatic rings. The standard InChI is InChI=1S/C22H18N6O/c1-12-2-3-13(10-24)6-16(12)19-8-15-9-20(26-11-18(15)21(25)27-19)28-22(29)17-7-14(17)4-5-23/h2-3,6,8-9,11,14,17H,4,7H2,1H3,(H2,25,27)(H,26,28,29)/t14-,17-/m1/s1. The Morgan fingerprint density at radius 1 is 1.31 bits per heavy atom. The van der Waals surface area contributed by atoms with Crippen LogP contribution in [0, 0.1) is 41.4 Å². The molecule has 1 aromatic carbocycles. The molecule has 1 saturated carbocycles. The molecule has 0 saturated heterocycles. The van der Waals surface area contributed by atoms with Gasteiger partial charge in [-0.1, -0.05) is 6.07 Å². The predicted octanol–water partition coefficient (Wildman–Crippen LogP) is 3.55. The smallest absolute Gasteiger partial charge is 0.228 e. The van der Waals surface area contributed by atoms with Crippen LogP contribution in [0.25, 0.3) is 22.0 Å². The SMILES string of the molecule is Cc1ccc(C#N)cc1-c1cc2cc(NC(=O)[C@@H]3C[C@H]3CC#N)ncc2c(N)n1. The van der Waals surface area contributed by atoms with Gasteiger partial charge in [0.15, 0.2) is 0 Å². The van der Waals surface area contributed by atoms with Gasteiger partial charge in [0.1, 0.15) is 11.6 Å². The number of nitrogens with two attached hydrogens (primary N) is 1. The second-order valence-corrected chi connectivity index (χ2v) is 7.28. The molecule has 7 heteroatoms. The Kier molecular flexibility index (Phi) is 4.58. The molecule has 3 aromatic rings. The zero-order chi connectivity index (χ0) is 20.5. The van der Waals surface area contributed by atoms with E-state index in [2.05, 4.69) is 27.4 Å². The summed E-state index contributed by atoms with van der Waals surface area (Å²) in [6.45, 7) is 1.95. The number of nitrogens with one attached hydrogen (secondary N) is 1. The molecule has 0 aliphatic heterocycles. The third-order valence-electron chi connectivity index (χ3n) is 5.25. The number of nitrogens with zero attached hydrogens (tertiary/aromatic N) is 4. The van der Waals surface area contributed by atoms with Crippen LogP contribution < -0.4 is 11.1 Å². The number of pyridine rings is 2. The number of anilines is 2. The van der Waals surface area contributed by atoms with Crippen LogP contribution in [0.1, 0.15) is 24.0 Å². The van der Waals surface area contributed by atoms with Crippen molar-refractivity contribution in [2.24, 2.45) is 11.8 Å². The van der Waals surface area contributed by atoms with Gasteiger partial charge in [0.05, 0.1) is 23.4 Å². The first-order valence-corrected chi connectivity index (χ1v) is 9.25. The molecule has 142 valence electrons. The zero-order valence-electron chi connectivity index (χ0n) is 15.8. The highest BCUT2D eigenvalue weighted by Gasteiger charge is 2.42. The Balaban J connectivity index is 1.67. The van der Waals surface area contributed by atoms with Crippen molar-refractivity contribution in [3.05, 3.63) is 47.7 Å². The van der Waals surface area contributed by atoms with Crippen LogP contribution >= 0.6 is 0 Å². The van der Waals surface area contributed by atoms with E-state index in [4.69, 9.17) is 11.0 Å². The maximum Gasteiger partial charge on any atom is 0.228 e. The van der Waals surface area contributed by atoms with Gasteiger partial charge >= 0.3 is 0 Å². The molecule has 0 unspecified atom stereocenters. The Hall–Kier alpha value is -3.97.